The molecule has 1 amide bonds. The molecule has 5 heteroatoms. The molecule has 12 heavy (non-hydrogen) atoms. The Kier molecular flexibility index (Phi) is 1.86. The summed E-state index contributed by atoms with van der Waals surface area (Å²) < 4.78 is 12.7. The lowest BCUT2D eigenvalue weighted by Gasteiger charge is -2.00. The minimum atomic E-state index is -0.997. The average molecular weight is 171 g/mol. The van der Waals surface area contributed by atoms with Gasteiger partial charge in [0.05, 0.1) is 5.56 Å². The number of amides is 1. The van der Waals surface area contributed by atoms with Crippen LogP contribution >= 0.6 is 0 Å². The molecular weight excluding hydrogens is 165 g/mol. The van der Waals surface area contributed by atoms with Gasteiger partial charge in [-0.3, -0.25) is 4.79 Å². The van der Waals surface area contributed by atoms with Crippen LogP contribution in [0.5, 0.6) is 11.5 Å². The Hall–Kier alpha value is -1.78. The number of hydrogen-bond acceptors (Lipinski definition) is 3. The van der Waals surface area contributed by atoms with Gasteiger partial charge in [-0.05, 0) is 6.07 Å². The first-order valence-corrected chi connectivity index (χ1v) is 3.03. The summed E-state index contributed by atoms with van der Waals surface area (Å²) in [5.74, 6) is -3.16. The van der Waals surface area contributed by atoms with Crippen LogP contribution < -0.4 is 5.73 Å². The van der Waals surface area contributed by atoms with Crippen molar-refractivity contribution < 1.29 is 19.4 Å². The maximum atomic E-state index is 12.7. The van der Waals surface area contributed by atoms with Gasteiger partial charge in [-0.15, -0.1) is 0 Å². The van der Waals surface area contributed by atoms with Gasteiger partial charge in [0.1, 0.15) is 5.82 Å². The number of phenols is 2. The fraction of sp³-hybridized carbons (Fsp3) is 0. The third-order valence-electron chi connectivity index (χ3n) is 1.33. The van der Waals surface area contributed by atoms with Crippen molar-refractivity contribution in [2.45, 2.75) is 0 Å². The van der Waals surface area contributed by atoms with Crippen LogP contribution in [-0.2, 0) is 0 Å². The minimum absolute atomic E-state index is 0.453. The molecule has 0 saturated heterocycles. The predicted molar refractivity (Wildman–Crippen MR) is 38.2 cm³/mol. The van der Waals surface area contributed by atoms with E-state index in [9.17, 15) is 9.18 Å². The third kappa shape index (κ3) is 1.29. The van der Waals surface area contributed by atoms with E-state index in [1.165, 1.54) is 0 Å². The van der Waals surface area contributed by atoms with Gasteiger partial charge >= 0.3 is 0 Å². The van der Waals surface area contributed by atoms with E-state index in [0.29, 0.717) is 6.07 Å². The number of carbonyl (C=O) groups excluding carboxylic acids is 1. The standard InChI is InChI=1S/C7H6FNO3/c8-4-2-6(11)5(10)1-3(4)7(9)12/h1-2,10-11H,(H2,9,12). The number of rotatable bonds is 1. The van der Waals surface area contributed by atoms with Crippen LogP contribution in [-0.4, -0.2) is 16.1 Å². The first kappa shape index (κ1) is 8.32. The predicted octanol–water partition coefficient (Wildman–Crippen LogP) is 0.336. The highest BCUT2D eigenvalue weighted by atomic mass is 19.1. The zero-order valence-corrected chi connectivity index (χ0v) is 5.91. The van der Waals surface area contributed by atoms with Crippen LogP contribution in [0.25, 0.3) is 0 Å². The van der Waals surface area contributed by atoms with E-state index in [-0.39, 0.29) is 0 Å². The van der Waals surface area contributed by atoms with E-state index < -0.39 is 28.8 Å². The number of carbonyl (C=O) groups is 1. The molecule has 0 saturated carbocycles. The normalized spacial score (nSPS) is 9.75. The Morgan fingerprint density at radius 2 is 1.83 bits per heavy atom. The average Bonchev–Trinajstić information content (AvgIpc) is 1.96. The van der Waals surface area contributed by atoms with Gasteiger partial charge in [0, 0.05) is 6.07 Å². The Morgan fingerprint density at radius 3 is 2.33 bits per heavy atom. The summed E-state index contributed by atoms with van der Waals surface area (Å²) in [5.41, 5.74) is 4.31. The van der Waals surface area contributed by atoms with Crippen LogP contribution in [0.2, 0.25) is 0 Å². The number of primary amides is 1. The lowest BCUT2D eigenvalue weighted by molar-refractivity contribution is 0.0996. The molecule has 64 valence electrons. The molecule has 0 radical (unpaired) electrons. The van der Waals surface area contributed by atoms with Crippen LogP contribution in [0.4, 0.5) is 4.39 Å². The molecule has 0 heterocycles. The minimum Gasteiger partial charge on any atom is -0.504 e. The highest BCUT2D eigenvalue weighted by Gasteiger charge is 2.11. The number of aromatic hydroxyl groups is 2. The maximum absolute atomic E-state index is 12.7. The molecule has 4 N–H and O–H groups in total. The van der Waals surface area contributed by atoms with E-state index in [2.05, 4.69) is 0 Å². The molecule has 0 aliphatic carbocycles. The summed E-state index contributed by atoms with van der Waals surface area (Å²) in [6.07, 6.45) is 0. The largest absolute Gasteiger partial charge is 0.504 e. The highest BCUT2D eigenvalue weighted by molar-refractivity contribution is 5.93. The third-order valence-corrected chi connectivity index (χ3v) is 1.33. The van der Waals surface area contributed by atoms with Gasteiger partial charge in [0.15, 0.2) is 11.5 Å². The van der Waals surface area contributed by atoms with Crippen molar-refractivity contribution in [1.82, 2.24) is 0 Å². The fourth-order valence-corrected chi connectivity index (χ4v) is 0.740. The molecule has 0 unspecified atom stereocenters. The first-order chi connectivity index (χ1) is 5.52. The Labute approximate surface area is 67.1 Å². The van der Waals surface area contributed by atoms with Crippen LogP contribution in [0.3, 0.4) is 0 Å². The number of nitrogens with two attached hydrogens (primary N) is 1. The van der Waals surface area contributed by atoms with Gasteiger partial charge in [0.2, 0.25) is 0 Å². The van der Waals surface area contributed by atoms with Crippen molar-refractivity contribution in [3.8, 4) is 11.5 Å². The first-order valence-electron chi connectivity index (χ1n) is 3.03. The summed E-state index contributed by atoms with van der Waals surface area (Å²) in [4.78, 5) is 10.5. The summed E-state index contributed by atoms with van der Waals surface area (Å²) in [6, 6.07) is 1.39. The molecule has 1 aromatic carbocycles. The molecule has 0 atom stereocenters. The molecule has 0 aliphatic heterocycles. The Morgan fingerprint density at radius 1 is 1.33 bits per heavy atom. The lowest BCUT2D eigenvalue weighted by Crippen LogP contribution is -2.12. The SMILES string of the molecule is NC(=O)c1cc(O)c(O)cc1F. The molecule has 4 nitrogen and oxygen atoms in total. The van der Waals surface area contributed by atoms with Gasteiger partial charge in [-0.25, -0.2) is 4.39 Å². The molecule has 0 aromatic heterocycles. The van der Waals surface area contributed by atoms with Crippen molar-refractivity contribution in [3.05, 3.63) is 23.5 Å². The van der Waals surface area contributed by atoms with E-state index >= 15 is 0 Å². The second-order valence-corrected chi connectivity index (χ2v) is 2.19. The zero-order chi connectivity index (χ0) is 9.30. The maximum Gasteiger partial charge on any atom is 0.251 e. The number of hydrogen-bond donors (Lipinski definition) is 3. The van der Waals surface area contributed by atoms with Crippen LogP contribution in [0, 0.1) is 5.82 Å². The summed E-state index contributed by atoms with van der Waals surface area (Å²) >= 11 is 0. The molecule has 1 rings (SSSR count). The molecule has 0 aliphatic rings. The van der Waals surface area contributed by atoms with Gasteiger partial charge < -0.3 is 15.9 Å². The topological polar surface area (TPSA) is 83.6 Å². The Bertz CT molecular complexity index is 338. The highest BCUT2D eigenvalue weighted by Crippen LogP contribution is 2.26. The quantitative estimate of drug-likeness (QED) is 0.532. The molecule has 0 bridgehead atoms. The number of halogens is 1. The molecule has 0 spiro atoms. The van der Waals surface area contributed by atoms with Gasteiger partial charge in [0.25, 0.3) is 5.91 Å². The van der Waals surface area contributed by atoms with E-state index in [4.69, 9.17) is 15.9 Å². The van der Waals surface area contributed by atoms with E-state index in [1.54, 1.807) is 0 Å². The smallest absolute Gasteiger partial charge is 0.251 e. The van der Waals surface area contributed by atoms with Crippen molar-refractivity contribution in [2.24, 2.45) is 5.73 Å². The zero-order valence-electron chi connectivity index (χ0n) is 5.91. The van der Waals surface area contributed by atoms with Crippen LogP contribution in [0.1, 0.15) is 10.4 Å². The van der Waals surface area contributed by atoms with Crippen molar-refractivity contribution in [3.63, 3.8) is 0 Å². The monoisotopic (exact) mass is 171 g/mol. The second-order valence-electron chi connectivity index (χ2n) is 2.19. The summed E-state index contributed by atoms with van der Waals surface area (Å²) in [6.45, 7) is 0. The molecule has 1 aromatic rings. The lowest BCUT2D eigenvalue weighted by atomic mass is 10.2. The fourth-order valence-electron chi connectivity index (χ4n) is 0.740. The van der Waals surface area contributed by atoms with Crippen molar-refractivity contribution in [2.75, 3.05) is 0 Å². The summed E-state index contributed by atoms with van der Waals surface area (Å²) in [7, 11) is 0. The van der Waals surface area contributed by atoms with Gasteiger partial charge in [-0.2, -0.15) is 0 Å². The number of benzene rings is 1. The van der Waals surface area contributed by atoms with Gasteiger partial charge in [-0.1, -0.05) is 0 Å². The summed E-state index contributed by atoms with van der Waals surface area (Å²) in [5, 5.41) is 17.6. The molecule has 0 fully saturated rings. The Balaban J connectivity index is 3.33. The number of phenolic OH excluding ortho intramolecular Hbond substituents is 2. The molecular formula is C7H6FNO3. The van der Waals surface area contributed by atoms with Crippen LogP contribution in [0.15, 0.2) is 12.1 Å². The second kappa shape index (κ2) is 2.69. The van der Waals surface area contributed by atoms with E-state index in [1.807, 2.05) is 0 Å². The van der Waals surface area contributed by atoms with Crippen molar-refractivity contribution in [1.29, 1.82) is 0 Å². The van der Waals surface area contributed by atoms with Crippen molar-refractivity contribution >= 4 is 5.91 Å². The van der Waals surface area contributed by atoms with E-state index in [0.717, 1.165) is 6.07 Å².